The van der Waals surface area contributed by atoms with Crippen molar-refractivity contribution in [2.24, 2.45) is 0 Å². The van der Waals surface area contributed by atoms with Crippen LogP contribution in [0.5, 0.6) is 0 Å². The molecule has 73 heavy (non-hydrogen) atoms. The third-order valence-corrected chi connectivity index (χ3v) is 13.0. The van der Waals surface area contributed by atoms with E-state index in [2.05, 4.69) is 118 Å². The van der Waals surface area contributed by atoms with Gasteiger partial charge in [-0.05, 0) is 122 Å². The van der Waals surface area contributed by atoms with Crippen molar-refractivity contribution >= 4 is 17.9 Å². The van der Waals surface area contributed by atoms with Gasteiger partial charge in [0.25, 0.3) is 0 Å². The summed E-state index contributed by atoms with van der Waals surface area (Å²) in [7, 11) is 0. The van der Waals surface area contributed by atoms with Gasteiger partial charge in [-0.25, -0.2) is 0 Å². The first-order chi connectivity index (χ1) is 36.0. The van der Waals surface area contributed by atoms with E-state index in [0.29, 0.717) is 19.3 Å². The number of rotatable bonds is 55. The summed E-state index contributed by atoms with van der Waals surface area (Å²) in [5.41, 5.74) is 0. The number of esters is 3. The molecule has 0 aliphatic rings. The molecule has 0 aromatic heterocycles. The summed E-state index contributed by atoms with van der Waals surface area (Å²) < 4.78 is 16.9. The van der Waals surface area contributed by atoms with E-state index in [4.69, 9.17) is 14.2 Å². The Labute approximate surface area is 451 Å². The molecule has 0 aromatic rings. The lowest BCUT2D eigenvalue weighted by Crippen LogP contribution is -2.30. The molecule has 0 saturated heterocycles. The topological polar surface area (TPSA) is 78.9 Å². The molecular weight excluding hydrogens is 901 g/mol. The van der Waals surface area contributed by atoms with E-state index < -0.39 is 6.10 Å². The number of unbranched alkanes of at least 4 members (excludes halogenated alkanes) is 28. The molecule has 0 heterocycles. The van der Waals surface area contributed by atoms with Crippen molar-refractivity contribution in [2.45, 2.75) is 297 Å². The fourth-order valence-corrected chi connectivity index (χ4v) is 8.44. The van der Waals surface area contributed by atoms with E-state index >= 15 is 0 Å². The van der Waals surface area contributed by atoms with Crippen LogP contribution in [0.15, 0.2) is 97.2 Å². The number of hydrogen-bond acceptors (Lipinski definition) is 6. The first-order valence-electron chi connectivity index (χ1n) is 30.7. The predicted molar refractivity (Wildman–Crippen MR) is 316 cm³/mol. The van der Waals surface area contributed by atoms with E-state index in [1.54, 1.807) is 0 Å². The number of hydrogen-bond donors (Lipinski definition) is 0. The Bertz CT molecular complexity index is 1440. The third-order valence-electron chi connectivity index (χ3n) is 13.0. The average molecular weight is 1020 g/mol. The fraction of sp³-hybridized carbons (Fsp3) is 0.716. The highest BCUT2D eigenvalue weighted by molar-refractivity contribution is 5.71. The van der Waals surface area contributed by atoms with Crippen molar-refractivity contribution in [3.05, 3.63) is 97.2 Å². The number of carbonyl (C=O) groups is 3. The highest BCUT2D eigenvalue weighted by atomic mass is 16.6. The summed E-state index contributed by atoms with van der Waals surface area (Å²) in [6, 6.07) is 0. The van der Waals surface area contributed by atoms with Crippen LogP contribution in [0.3, 0.4) is 0 Å². The molecule has 0 bridgehead atoms. The molecule has 6 nitrogen and oxygen atoms in total. The van der Waals surface area contributed by atoms with Gasteiger partial charge in [0.1, 0.15) is 13.2 Å². The van der Waals surface area contributed by atoms with Gasteiger partial charge in [0, 0.05) is 19.3 Å². The lowest BCUT2D eigenvalue weighted by molar-refractivity contribution is -0.167. The second kappa shape index (κ2) is 60.9. The van der Waals surface area contributed by atoms with Gasteiger partial charge in [-0.2, -0.15) is 0 Å². The lowest BCUT2D eigenvalue weighted by Gasteiger charge is -2.18. The summed E-state index contributed by atoms with van der Waals surface area (Å²) in [5.74, 6) is -0.901. The van der Waals surface area contributed by atoms with Gasteiger partial charge in [-0.3, -0.25) is 14.4 Å². The molecule has 0 aliphatic carbocycles. The molecule has 1 unspecified atom stereocenters. The summed E-state index contributed by atoms with van der Waals surface area (Å²) in [4.78, 5) is 38.2. The van der Waals surface area contributed by atoms with Crippen molar-refractivity contribution in [3.63, 3.8) is 0 Å². The molecule has 1 atom stereocenters. The van der Waals surface area contributed by atoms with Crippen LogP contribution in [0.4, 0.5) is 0 Å². The van der Waals surface area contributed by atoms with Crippen molar-refractivity contribution in [3.8, 4) is 0 Å². The number of ether oxygens (including phenoxy) is 3. The smallest absolute Gasteiger partial charge is 0.306 e. The summed E-state index contributed by atoms with van der Waals surface area (Å²) in [6.45, 7) is 6.49. The molecule has 0 radical (unpaired) electrons. The maximum atomic E-state index is 12.8. The van der Waals surface area contributed by atoms with Crippen molar-refractivity contribution in [2.75, 3.05) is 13.2 Å². The van der Waals surface area contributed by atoms with E-state index in [1.165, 1.54) is 135 Å². The Morgan fingerprint density at radius 3 is 0.849 bits per heavy atom. The first-order valence-corrected chi connectivity index (χ1v) is 30.7. The zero-order chi connectivity index (χ0) is 52.9. The standard InChI is InChI=1S/C67H114O6/c1-4-7-10-13-16-19-22-25-26-27-28-29-30-31-32-33-34-35-36-37-38-39-40-43-45-48-51-54-57-60-66(69)72-63-64(73-67(70)61-58-55-52-49-46-42-24-21-18-15-12-9-6-3)62-71-65(68)59-56-53-50-47-44-41-23-20-17-14-11-8-5-2/h7,10,16,19-21,23-26,28-29,31-32,34-35,64H,4-6,8-9,11-15,17-18,22,27,30,33,36-63H2,1-3H3/b10-7-,19-16-,23-20-,24-21-,26-25-,29-28-,32-31-,35-34-. The zero-order valence-electron chi connectivity index (χ0n) is 47.9. The largest absolute Gasteiger partial charge is 0.462 e. The molecule has 418 valence electrons. The van der Waals surface area contributed by atoms with Gasteiger partial charge in [0.2, 0.25) is 0 Å². The Kier molecular flexibility index (Phi) is 57.8. The minimum Gasteiger partial charge on any atom is -0.462 e. The molecule has 0 N–H and O–H groups in total. The summed E-state index contributed by atoms with van der Waals surface area (Å²) in [6.07, 6.45) is 81.2. The van der Waals surface area contributed by atoms with Gasteiger partial charge >= 0.3 is 17.9 Å². The van der Waals surface area contributed by atoms with Crippen LogP contribution in [0.2, 0.25) is 0 Å². The maximum absolute atomic E-state index is 12.8. The molecule has 0 amide bonds. The fourth-order valence-electron chi connectivity index (χ4n) is 8.44. The summed E-state index contributed by atoms with van der Waals surface area (Å²) >= 11 is 0. The van der Waals surface area contributed by atoms with Crippen LogP contribution in [0.25, 0.3) is 0 Å². The van der Waals surface area contributed by atoms with Crippen LogP contribution in [0, 0.1) is 0 Å². The van der Waals surface area contributed by atoms with Gasteiger partial charge in [0.05, 0.1) is 0 Å². The SMILES string of the molecule is CC/C=C\C/C=C\C/C=C\C/C=C\C/C=C\C/C=C\CCCCCCCCCCCCC(=O)OCC(COC(=O)CCCCCCC/C=C\CCCCCC)OC(=O)CCCCCCC/C=C\CCCCCC. The Balaban J connectivity index is 4.25. The van der Waals surface area contributed by atoms with Gasteiger partial charge in [0.15, 0.2) is 6.10 Å². The van der Waals surface area contributed by atoms with E-state index in [-0.39, 0.29) is 31.1 Å². The molecule has 6 heteroatoms. The molecule has 0 saturated carbocycles. The number of allylic oxidation sites excluding steroid dienone is 16. The average Bonchev–Trinajstić information content (AvgIpc) is 3.39. The maximum Gasteiger partial charge on any atom is 0.306 e. The quantitative estimate of drug-likeness (QED) is 0.0261. The van der Waals surface area contributed by atoms with Gasteiger partial charge < -0.3 is 14.2 Å². The highest BCUT2D eigenvalue weighted by Crippen LogP contribution is 2.15. The molecule has 0 fully saturated rings. The van der Waals surface area contributed by atoms with E-state index in [0.717, 1.165) is 116 Å². The zero-order valence-corrected chi connectivity index (χ0v) is 47.9. The third kappa shape index (κ3) is 59.1. The molecule has 0 rings (SSSR count). The second-order valence-corrected chi connectivity index (χ2v) is 20.2. The highest BCUT2D eigenvalue weighted by Gasteiger charge is 2.19. The van der Waals surface area contributed by atoms with Crippen molar-refractivity contribution in [1.29, 1.82) is 0 Å². The van der Waals surface area contributed by atoms with Crippen LogP contribution in [-0.2, 0) is 28.6 Å². The van der Waals surface area contributed by atoms with Crippen LogP contribution >= 0.6 is 0 Å². The lowest BCUT2D eigenvalue weighted by atomic mass is 10.1. The number of carbonyl (C=O) groups excluding carboxylic acids is 3. The monoisotopic (exact) mass is 1010 g/mol. The second-order valence-electron chi connectivity index (χ2n) is 20.2. The Hall–Kier alpha value is -3.67. The molecule has 0 spiro atoms. The van der Waals surface area contributed by atoms with Gasteiger partial charge in [-0.15, -0.1) is 0 Å². The van der Waals surface area contributed by atoms with Crippen molar-refractivity contribution in [1.82, 2.24) is 0 Å². The first kappa shape index (κ1) is 69.3. The Morgan fingerprint density at radius 1 is 0.288 bits per heavy atom. The summed E-state index contributed by atoms with van der Waals surface area (Å²) in [5, 5.41) is 0. The Morgan fingerprint density at radius 2 is 0.534 bits per heavy atom. The normalized spacial score (nSPS) is 12.8. The van der Waals surface area contributed by atoms with Gasteiger partial charge in [-0.1, -0.05) is 246 Å². The molecule has 0 aromatic carbocycles. The van der Waals surface area contributed by atoms with Crippen LogP contribution in [0.1, 0.15) is 290 Å². The van der Waals surface area contributed by atoms with Crippen molar-refractivity contribution < 1.29 is 28.6 Å². The minimum absolute atomic E-state index is 0.0848. The van der Waals surface area contributed by atoms with Crippen LogP contribution < -0.4 is 0 Å². The van der Waals surface area contributed by atoms with E-state index in [1.807, 2.05) is 0 Å². The van der Waals surface area contributed by atoms with Crippen LogP contribution in [-0.4, -0.2) is 37.2 Å². The predicted octanol–water partition coefficient (Wildman–Crippen LogP) is 20.9. The molecule has 0 aliphatic heterocycles. The minimum atomic E-state index is -0.787. The molecular formula is C67H114O6. The van der Waals surface area contributed by atoms with E-state index in [9.17, 15) is 14.4 Å².